The predicted molar refractivity (Wildman–Crippen MR) is 125 cm³/mol. The fourth-order valence-electron chi connectivity index (χ4n) is 4.25. The second-order valence-electron chi connectivity index (χ2n) is 8.61. The van der Waals surface area contributed by atoms with Gasteiger partial charge in [0.15, 0.2) is 11.5 Å². The van der Waals surface area contributed by atoms with E-state index in [1.165, 1.54) is 4.88 Å². The Hall–Kier alpha value is -2.54. The second-order valence-corrected chi connectivity index (χ2v) is 9.61. The molecule has 4 rings (SSSR count). The predicted octanol–water partition coefficient (Wildman–Crippen LogP) is 4.30. The summed E-state index contributed by atoms with van der Waals surface area (Å²) in [5, 5.41) is 2.08. The second kappa shape index (κ2) is 9.94. The Balaban J connectivity index is 1.53. The molecule has 0 saturated heterocycles. The van der Waals surface area contributed by atoms with Gasteiger partial charge in [0.1, 0.15) is 13.2 Å². The molecule has 2 amide bonds. The number of para-hydroxylation sites is 2. The molecule has 0 spiro atoms. The van der Waals surface area contributed by atoms with Gasteiger partial charge in [-0.1, -0.05) is 19.1 Å². The zero-order chi connectivity index (χ0) is 22.7. The van der Waals surface area contributed by atoms with Crippen LogP contribution in [0.25, 0.3) is 0 Å². The van der Waals surface area contributed by atoms with Crippen LogP contribution >= 0.6 is 11.3 Å². The highest BCUT2D eigenvalue weighted by Crippen LogP contribution is 2.36. The fraction of sp³-hybridized carbons (Fsp3) is 0.520. The molecule has 172 valence electrons. The average molecular weight is 457 g/mol. The van der Waals surface area contributed by atoms with Crippen molar-refractivity contribution < 1.29 is 19.1 Å². The van der Waals surface area contributed by atoms with Gasteiger partial charge in [-0.05, 0) is 61.7 Å². The summed E-state index contributed by atoms with van der Waals surface area (Å²) in [6.07, 6.45) is 3.55. The number of carbonyl (C=O) groups is 2. The van der Waals surface area contributed by atoms with E-state index in [1.54, 1.807) is 23.3 Å². The van der Waals surface area contributed by atoms with Crippen LogP contribution in [0.5, 0.6) is 11.5 Å². The fourth-order valence-corrected chi connectivity index (χ4v) is 5.18. The molecular formula is C25H32N2O4S. The van der Waals surface area contributed by atoms with Crippen molar-refractivity contribution in [2.75, 3.05) is 26.8 Å². The van der Waals surface area contributed by atoms with Crippen molar-refractivity contribution in [2.45, 2.75) is 51.6 Å². The molecule has 1 saturated carbocycles. The molecule has 2 aromatic rings. The molecule has 1 aromatic heterocycles. The molecule has 0 radical (unpaired) electrons. The topological polar surface area (TPSA) is 59.1 Å². The van der Waals surface area contributed by atoms with Crippen LogP contribution in [-0.2, 0) is 16.0 Å². The maximum absolute atomic E-state index is 13.5. The first-order valence-corrected chi connectivity index (χ1v) is 12.3. The number of carbonyl (C=O) groups excluding carboxylic acids is 2. The van der Waals surface area contributed by atoms with E-state index in [0.717, 1.165) is 31.2 Å². The van der Waals surface area contributed by atoms with E-state index >= 15 is 0 Å². The number of fused-ring (bicyclic) bond motifs is 1. The van der Waals surface area contributed by atoms with Crippen molar-refractivity contribution in [2.24, 2.45) is 5.92 Å². The minimum absolute atomic E-state index is 0.00947. The summed E-state index contributed by atoms with van der Waals surface area (Å²) in [4.78, 5) is 31.4. The SMILES string of the molecule is CC[C@@H](C)N(CC(=O)N1CCc2sccc2[C@H]1COc1ccccc1OC)C(=O)C1CC1. The minimum atomic E-state index is -0.183. The molecule has 0 N–H and O–H groups in total. The molecule has 1 aliphatic carbocycles. The lowest BCUT2D eigenvalue weighted by molar-refractivity contribution is -0.145. The van der Waals surface area contributed by atoms with Crippen LogP contribution in [0.1, 0.15) is 49.6 Å². The molecule has 2 aliphatic rings. The van der Waals surface area contributed by atoms with E-state index in [-0.39, 0.29) is 36.4 Å². The Morgan fingerprint density at radius 3 is 2.66 bits per heavy atom. The smallest absolute Gasteiger partial charge is 0.242 e. The summed E-state index contributed by atoms with van der Waals surface area (Å²) in [5.41, 5.74) is 1.15. The summed E-state index contributed by atoms with van der Waals surface area (Å²) in [6.45, 7) is 5.21. The van der Waals surface area contributed by atoms with Crippen LogP contribution in [0.15, 0.2) is 35.7 Å². The van der Waals surface area contributed by atoms with E-state index in [2.05, 4.69) is 18.4 Å². The van der Waals surface area contributed by atoms with Crippen molar-refractivity contribution >= 4 is 23.2 Å². The Labute approximate surface area is 194 Å². The standard InChI is InChI=1S/C25H32N2O4S/c1-4-17(2)27(25(29)18-9-10-18)15-24(28)26-13-11-23-19(12-14-32-23)20(26)16-31-22-8-6-5-7-21(22)30-3/h5-8,12,14,17-18,20H,4,9-11,13,15-16H2,1-3H3/t17-,20-/m1/s1. The number of benzene rings is 1. The first kappa shape index (κ1) is 22.6. The molecule has 1 aromatic carbocycles. The number of nitrogens with zero attached hydrogens (tertiary/aromatic N) is 2. The van der Waals surface area contributed by atoms with Crippen molar-refractivity contribution in [3.63, 3.8) is 0 Å². The molecular weight excluding hydrogens is 424 g/mol. The summed E-state index contributed by atoms with van der Waals surface area (Å²) < 4.78 is 11.6. The molecule has 1 aliphatic heterocycles. The molecule has 7 heteroatoms. The monoisotopic (exact) mass is 456 g/mol. The van der Waals surface area contributed by atoms with E-state index in [4.69, 9.17) is 9.47 Å². The van der Waals surface area contributed by atoms with Gasteiger partial charge < -0.3 is 19.3 Å². The first-order chi connectivity index (χ1) is 15.5. The quantitative estimate of drug-likeness (QED) is 0.565. The number of hydrogen-bond acceptors (Lipinski definition) is 5. The number of thiophene rings is 1. The highest BCUT2D eigenvalue weighted by Gasteiger charge is 2.38. The Kier molecular flexibility index (Phi) is 7.04. The van der Waals surface area contributed by atoms with Crippen molar-refractivity contribution in [3.8, 4) is 11.5 Å². The molecule has 6 nitrogen and oxygen atoms in total. The van der Waals surface area contributed by atoms with Gasteiger partial charge in [-0.3, -0.25) is 9.59 Å². The van der Waals surface area contributed by atoms with Crippen molar-refractivity contribution in [1.82, 2.24) is 9.80 Å². The van der Waals surface area contributed by atoms with Crippen molar-refractivity contribution in [1.29, 1.82) is 0 Å². The average Bonchev–Trinajstić information content (AvgIpc) is 3.56. The number of hydrogen-bond donors (Lipinski definition) is 0. The van der Waals surface area contributed by atoms with Gasteiger partial charge in [0, 0.05) is 23.4 Å². The Bertz CT molecular complexity index is 955. The lowest BCUT2D eigenvalue weighted by atomic mass is 10.00. The maximum Gasteiger partial charge on any atom is 0.242 e. The molecule has 2 heterocycles. The number of methoxy groups -OCH3 is 1. The summed E-state index contributed by atoms with van der Waals surface area (Å²) in [5.74, 6) is 1.55. The van der Waals surface area contributed by atoms with E-state index in [9.17, 15) is 9.59 Å². The van der Waals surface area contributed by atoms with Gasteiger partial charge in [-0.2, -0.15) is 0 Å². The van der Waals surface area contributed by atoms with Crippen LogP contribution in [0.3, 0.4) is 0 Å². The summed E-state index contributed by atoms with van der Waals surface area (Å²) in [7, 11) is 1.62. The third kappa shape index (κ3) is 4.77. The first-order valence-electron chi connectivity index (χ1n) is 11.5. The highest BCUT2D eigenvalue weighted by atomic mass is 32.1. The zero-order valence-corrected chi connectivity index (χ0v) is 19.9. The van der Waals surface area contributed by atoms with E-state index in [1.807, 2.05) is 36.1 Å². The van der Waals surface area contributed by atoms with Crippen LogP contribution in [-0.4, -0.2) is 54.5 Å². The van der Waals surface area contributed by atoms with Crippen LogP contribution < -0.4 is 9.47 Å². The Morgan fingerprint density at radius 2 is 1.97 bits per heavy atom. The third-order valence-electron chi connectivity index (χ3n) is 6.52. The number of amides is 2. The number of rotatable bonds is 9. The lowest BCUT2D eigenvalue weighted by Gasteiger charge is -2.38. The van der Waals surface area contributed by atoms with Gasteiger partial charge in [0.25, 0.3) is 0 Å². The van der Waals surface area contributed by atoms with Gasteiger partial charge >= 0.3 is 0 Å². The third-order valence-corrected chi connectivity index (χ3v) is 7.52. The van der Waals surface area contributed by atoms with Gasteiger partial charge in [0.05, 0.1) is 13.2 Å². The molecule has 0 bridgehead atoms. The van der Waals surface area contributed by atoms with E-state index in [0.29, 0.717) is 24.7 Å². The molecule has 2 atom stereocenters. The van der Waals surface area contributed by atoms with Gasteiger partial charge in [0.2, 0.25) is 11.8 Å². The van der Waals surface area contributed by atoms with E-state index < -0.39 is 0 Å². The minimum Gasteiger partial charge on any atom is -0.493 e. The van der Waals surface area contributed by atoms with Gasteiger partial charge in [-0.15, -0.1) is 11.3 Å². The molecule has 0 unspecified atom stereocenters. The number of ether oxygens (including phenoxy) is 2. The van der Waals surface area contributed by atoms with Gasteiger partial charge in [-0.25, -0.2) is 0 Å². The highest BCUT2D eigenvalue weighted by molar-refractivity contribution is 7.10. The zero-order valence-electron chi connectivity index (χ0n) is 19.1. The van der Waals surface area contributed by atoms with Crippen LogP contribution in [0, 0.1) is 5.92 Å². The molecule has 1 fully saturated rings. The lowest BCUT2D eigenvalue weighted by Crippen LogP contribution is -2.50. The van der Waals surface area contributed by atoms with Crippen LogP contribution in [0.2, 0.25) is 0 Å². The largest absolute Gasteiger partial charge is 0.493 e. The Morgan fingerprint density at radius 1 is 1.22 bits per heavy atom. The van der Waals surface area contributed by atoms with Crippen molar-refractivity contribution in [3.05, 3.63) is 46.2 Å². The molecule has 32 heavy (non-hydrogen) atoms. The van der Waals surface area contributed by atoms with Crippen LogP contribution in [0.4, 0.5) is 0 Å². The maximum atomic E-state index is 13.5. The normalized spacial score (nSPS) is 18.6. The summed E-state index contributed by atoms with van der Waals surface area (Å²) >= 11 is 1.73. The summed E-state index contributed by atoms with van der Waals surface area (Å²) in [6, 6.07) is 9.51.